The standard InChI is InChI=1S/C11H17N3O/c1-6(12)11-13-10(14-15-11)9-5-7-2-3-8(9)4-7/h6-9H,2-5,12H2,1H3/t6-,7?,8?,9?/m0/s1. The first-order chi connectivity index (χ1) is 7.24. The smallest absolute Gasteiger partial charge is 0.243 e. The highest BCUT2D eigenvalue weighted by molar-refractivity contribution is 5.06. The third kappa shape index (κ3) is 1.47. The molecule has 2 fully saturated rings. The molecular formula is C11H17N3O. The summed E-state index contributed by atoms with van der Waals surface area (Å²) >= 11 is 0. The molecule has 0 aromatic carbocycles. The van der Waals surface area contributed by atoms with Crippen LogP contribution in [-0.4, -0.2) is 10.1 Å². The molecule has 4 nitrogen and oxygen atoms in total. The molecule has 2 saturated carbocycles. The van der Waals surface area contributed by atoms with E-state index in [0.29, 0.717) is 11.8 Å². The minimum atomic E-state index is -0.148. The average Bonchev–Trinajstić information content (AvgIpc) is 2.93. The maximum atomic E-state index is 5.71. The van der Waals surface area contributed by atoms with Crippen LogP contribution in [0.1, 0.15) is 56.3 Å². The Morgan fingerprint density at radius 1 is 1.40 bits per heavy atom. The van der Waals surface area contributed by atoms with Gasteiger partial charge in [0.25, 0.3) is 0 Å². The van der Waals surface area contributed by atoms with Crippen LogP contribution in [0.4, 0.5) is 0 Å². The summed E-state index contributed by atoms with van der Waals surface area (Å²) in [6.45, 7) is 1.87. The van der Waals surface area contributed by atoms with E-state index in [4.69, 9.17) is 10.3 Å². The maximum absolute atomic E-state index is 5.71. The lowest BCUT2D eigenvalue weighted by Gasteiger charge is -2.17. The summed E-state index contributed by atoms with van der Waals surface area (Å²) in [5.41, 5.74) is 5.71. The second-order valence-electron chi connectivity index (χ2n) is 5.06. The highest BCUT2D eigenvalue weighted by atomic mass is 16.5. The van der Waals surface area contributed by atoms with Crippen molar-refractivity contribution in [3.05, 3.63) is 11.7 Å². The van der Waals surface area contributed by atoms with Crippen molar-refractivity contribution in [2.45, 2.75) is 44.6 Å². The van der Waals surface area contributed by atoms with Crippen molar-refractivity contribution in [1.82, 2.24) is 10.1 Å². The zero-order chi connectivity index (χ0) is 10.4. The van der Waals surface area contributed by atoms with Gasteiger partial charge >= 0.3 is 0 Å². The summed E-state index contributed by atoms with van der Waals surface area (Å²) in [6, 6.07) is -0.148. The first-order valence-corrected chi connectivity index (χ1v) is 5.83. The lowest BCUT2D eigenvalue weighted by Crippen LogP contribution is -2.11. The normalized spacial score (nSPS) is 36.0. The van der Waals surface area contributed by atoms with E-state index in [2.05, 4.69) is 10.1 Å². The molecule has 4 atom stereocenters. The molecule has 2 aliphatic carbocycles. The average molecular weight is 207 g/mol. The van der Waals surface area contributed by atoms with Crippen molar-refractivity contribution in [2.75, 3.05) is 0 Å². The molecule has 0 aliphatic heterocycles. The first-order valence-electron chi connectivity index (χ1n) is 5.83. The highest BCUT2D eigenvalue weighted by Crippen LogP contribution is 2.52. The lowest BCUT2D eigenvalue weighted by atomic mass is 9.88. The molecule has 1 aromatic rings. The Balaban J connectivity index is 1.81. The molecule has 1 aromatic heterocycles. The van der Waals surface area contributed by atoms with E-state index in [1.54, 1.807) is 0 Å². The fourth-order valence-electron chi connectivity index (χ4n) is 3.14. The molecule has 1 heterocycles. The van der Waals surface area contributed by atoms with Crippen molar-refractivity contribution in [3.63, 3.8) is 0 Å². The van der Waals surface area contributed by atoms with Crippen molar-refractivity contribution in [1.29, 1.82) is 0 Å². The third-order valence-corrected chi connectivity index (χ3v) is 3.92. The number of fused-ring (bicyclic) bond motifs is 2. The summed E-state index contributed by atoms with van der Waals surface area (Å²) in [5, 5.41) is 4.07. The van der Waals surface area contributed by atoms with Gasteiger partial charge in [-0.05, 0) is 38.0 Å². The fourth-order valence-corrected chi connectivity index (χ4v) is 3.14. The fraction of sp³-hybridized carbons (Fsp3) is 0.818. The predicted octanol–water partition coefficient (Wildman–Crippen LogP) is 1.99. The molecule has 0 radical (unpaired) electrons. The van der Waals surface area contributed by atoms with Gasteiger partial charge in [-0.1, -0.05) is 11.6 Å². The molecule has 2 N–H and O–H groups in total. The summed E-state index contributed by atoms with van der Waals surface area (Å²) in [7, 11) is 0. The zero-order valence-electron chi connectivity index (χ0n) is 9.02. The van der Waals surface area contributed by atoms with Gasteiger partial charge in [-0.15, -0.1) is 0 Å². The Kier molecular flexibility index (Phi) is 2.06. The zero-order valence-corrected chi connectivity index (χ0v) is 9.02. The van der Waals surface area contributed by atoms with E-state index in [9.17, 15) is 0 Å². The van der Waals surface area contributed by atoms with Crippen LogP contribution in [0.25, 0.3) is 0 Å². The quantitative estimate of drug-likeness (QED) is 0.805. The van der Waals surface area contributed by atoms with Crippen LogP contribution in [0, 0.1) is 11.8 Å². The van der Waals surface area contributed by atoms with Gasteiger partial charge in [0.1, 0.15) is 0 Å². The van der Waals surface area contributed by atoms with Crippen LogP contribution in [0.15, 0.2) is 4.52 Å². The Bertz CT molecular complexity index is 360. The van der Waals surface area contributed by atoms with Gasteiger partial charge in [-0.25, -0.2) is 0 Å². The van der Waals surface area contributed by atoms with E-state index >= 15 is 0 Å². The van der Waals surface area contributed by atoms with Crippen LogP contribution in [0.5, 0.6) is 0 Å². The Morgan fingerprint density at radius 3 is 2.80 bits per heavy atom. The molecule has 2 aliphatic rings. The minimum absolute atomic E-state index is 0.148. The van der Waals surface area contributed by atoms with Gasteiger partial charge in [0.05, 0.1) is 6.04 Å². The van der Waals surface area contributed by atoms with E-state index in [1.165, 1.54) is 25.7 Å². The van der Waals surface area contributed by atoms with Gasteiger partial charge < -0.3 is 10.3 Å². The molecule has 3 rings (SSSR count). The van der Waals surface area contributed by atoms with Crippen molar-refractivity contribution in [2.24, 2.45) is 17.6 Å². The number of nitrogens with zero attached hydrogens (tertiary/aromatic N) is 2. The topological polar surface area (TPSA) is 64.9 Å². The monoisotopic (exact) mass is 207 g/mol. The summed E-state index contributed by atoms with van der Waals surface area (Å²) in [4.78, 5) is 4.41. The van der Waals surface area contributed by atoms with Gasteiger partial charge in [-0.2, -0.15) is 4.98 Å². The van der Waals surface area contributed by atoms with E-state index < -0.39 is 0 Å². The second-order valence-corrected chi connectivity index (χ2v) is 5.06. The number of rotatable bonds is 2. The van der Waals surface area contributed by atoms with Gasteiger partial charge in [0.2, 0.25) is 5.89 Å². The molecule has 2 bridgehead atoms. The van der Waals surface area contributed by atoms with Crippen LogP contribution in [-0.2, 0) is 0 Å². The van der Waals surface area contributed by atoms with Crippen LogP contribution in [0.3, 0.4) is 0 Å². The molecular weight excluding hydrogens is 190 g/mol. The molecule has 0 spiro atoms. The first kappa shape index (κ1) is 9.33. The van der Waals surface area contributed by atoms with E-state index in [-0.39, 0.29) is 6.04 Å². The Hall–Kier alpha value is -0.900. The van der Waals surface area contributed by atoms with Crippen LogP contribution >= 0.6 is 0 Å². The number of hydrogen-bond acceptors (Lipinski definition) is 4. The number of nitrogens with two attached hydrogens (primary N) is 1. The van der Waals surface area contributed by atoms with Crippen LogP contribution in [0.2, 0.25) is 0 Å². The molecule has 82 valence electrons. The van der Waals surface area contributed by atoms with Gasteiger partial charge in [-0.3, -0.25) is 0 Å². The van der Waals surface area contributed by atoms with E-state index in [1.807, 2.05) is 6.92 Å². The van der Waals surface area contributed by atoms with Crippen LogP contribution < -0.4 is 5.73 Å². The summed E-state index contributed by atoms with van der Waals surface area (Å²) in [5.74, 6) is 3.73. The molecule has 3 unspecified atom stereocenters. The molecule has 0 saturated heterocycles. The third-order valence-electron chi connectivity index (χ3n) is 3.92. The van der Waals surface area contributed by atoms with Crippen molar-refractivity contribution in [3.8, 4) is 0 Å². The van der Waals surface area contributed by atoms with Gasteiger partial charge in [0, 0.05) is 5.92 Å². The predicted molar refractivity (Wildman–Crippen MR) is 55.1 cm³/mol. The van der Waals surface area contributed by atoms with Crippen molar-refractivity contribution < 1.29 is 4.52 Å². The Labute approximate surface area is 89.2 Å². The lowest BCUT2D eigenvalue weighted by molar-refractivity contribution is 0.342. The summed E-state index contributed by atoms with van der Waals surface area (Å²) < 4.78 is 5.16. The SMILES string of the molecule is C[C@H](N)c1nc(C2CC3CCC2C3)no1. The summed E-state index contributed by atoms with van der Waals surface area (Å²) in [6.07, 6.45) is 5.37. The molecule has 15 heavy (non-hydrogen) atoms. The second kappa shape index (κ2) is 3.30. The molecule has 4 heteroatoms. The highest BCUT2D eigenvalue weighted by Gasteiger charge is 2.42. The molecule has 0 amide bonds. The maximum Gasteiger partial charge on any atom is 0.243 e. The van der Waals surface area contributed by atoms with Crippen molar-refractivity contribution >= 4 is 0 Å². The minimum Gasteiger partial charge on any atom is -0.338 e. The van der Waals surface area contributed by atoms with Gasteiger partial charge in [0.15, 0.2) is 5.82 Å². The Morgan fingerprint density at radius 2 is 2.27 bits per heavy atom. The number of hydrogen-bond donors (Lipinski definition) is 1. The van der Waals surface area contributed by atoms with E-state index in [0.717, 1.165) is 17.7 Å². The number of aromatic nitrogens is 2. The largest absolute Gasteiger partial charge is 0.338 e.